The monoisotopic (exact) mass is 378 g/mol. The topological polar surface area (TPSA) is 55.8 Å². The predicted octanol–water partition coefficient (Wildman–Crippen LogP) is 4.27. The van der Waals surface area contributed by atoms with Gasteiger partial charge >= 0.3 is 5.97 Å². The van der Waals surface area contributed by atoms with Gasteiger partial charge < -0.3 is 14.6 Å². The van der Waals surface area contributed by atoms with Crippen LogP contribution in [0.4, 0.5) is 0 Å². The number of halogens is 1. The smallest absolute Gasteiger partial charge is 0.311 e. The van der Waals surface area contributed by atoms with Crippen molar-refractivity contribution in [1.29, 1.82) is 0 Å². The van der Waals surface area contributed by atoms with Crippen LogP contribution in [0.15, 0.2) is 46.9 Å². The van der Waals surface area contributed by atoms with Crippen LogP contribution in [0.5, 0.6) is 11.5 Å². The first-order chi connectivity index (χ1) is 11.0. The minimum atomic E-state index is -0.847. The average molecular weight is 379 g/mol. The number of carboxylic acid groups (broad SMARTS) is 1. The summed E-state index contributed by atoms with van der Waals surface area (Å²) >= 11 is 3.46. The van der Waals surface area contributed by atoms with Crippen molar-refractivity contribution in [2.75, 3.05) is 13.7 Å². The van der Waals surface area contributed by atoms with Crippen LogP contribution in [0, 0.1) is 0 Å². The van der Waals surface area contributed by atoms with E-state index in [2.05, 4.69) is 15.9 Å². The van der Waals surface area contributed by atoms with Gasteiger partial charge in [-0.05, 0) is 64.7 Å². The van der Waals surface area contributed by atoms with E-state index in [9.17, 15) is 9.90 Å². The Morgan fingerprint density at radius 2 is 1.91 bits per heavy atom. The molecule has 2 aromatic rings. The van der Waals surface area contributed by atoms with Crippen LogP contribution in [0.1, 0.15) is 24.0 Å². The van der Waals surface area contributed by atoms with Crippen molar-refractivity contribution in [1.82, 2.24) is 0 Å². The van der Waals surface area contributed by atoms with Crippen LogP contribution in [-0.2, 0) is 11.2 Å². The Balaban J connectivity index is 2.22. The molecule has 0 heterocycles. The van der Waals surface area contributed by atoms with Crippen LogP contribution in [-0.4, -0.2) is 24.8 Å². The molecule has 1 unspecified atom stereocenters. The van der Waals surface area contributed by atoms with E-state index >= 15 is 0 Å². The van der Waals surface area contributed by atoms with Crippen molar-refractivity contribution in [3.05, 3.63) is 58.1 Å². The molecule has 23 heavy (non-hydrogen) atoms. The van der Waals surface area contributed by atoms with Crippen molar-refractivity contribution in [2.24, 2.45) is 0 Å². The summed E-state index contributed by atoms with van der Waals surface area (Å²) in [6, 6.07) is 12.8. The number of ether oxygens (including phenoxy) is 2. The zero-order valence-electron chi connectivity index (χ0n) is 13.1. The van der Waals surface area contributed by atoms with Gasteiger partial charge in [0.15, 0.2) is 0 Å². The Morgan fingerprint density at radius 1 is 1.22 bits per heavy atom. The number of methoxy groups -OCH3 is 1. The highest BCUT2D eigenvalue weighted by Gasteiger charge is 2.21. The number of aliphatic carboxylic acids is 1. The molecule has 0 amide bonds. The lowest BCUT2D eigenvalue weighted by molar-refractivity contribution is -0.138. The lowest BCUT2D eigenvalue weighted by Crippen LogP contribution is -2.14. The molecule has 0 spiro atoms. The van der Waals surface area contributed by atoms with Crippen LogP contribution in [0.2, 0.25) is 0 Å². The molecule has 0 aromatic heterocycles. The van der Waals surface area contributed by atoms with Gasteiger partial charge in [-0.2, -0.15) is 0 Å². The average Bonchev–Trinajstić information content (AvgIpc) is 2.55. The first-order valence-electron chi connectivity index (χ1n) is 7.33. The molecule has 5 heteroatoms. The maximum atomic E-state index is 11.6. The normalized spacial score (nSPS) is 11.8. The van der Waals surface area contributed by atoms with E-state index < -0.39 is 11.9 Å². The molecule has 0 aliphatic heterocycles. The molecule has 0 aliphatic carbocycles. The fourth-order valence-corrected chi connectivity index (χ4v) is 2.90. The largest absolute Gasteiger partial charge is 0.497 e. The number of carboxylic acids is 1. The van der Waals surface area contributed by atoms with E-state index in [1.165, 1.54) is 0 Å². The second-order valence-electron chi connectivity index (χ2n) is 5.07. The maximum absolute atomic E-state index is 11.6. The minimum absolute atomic E-state index is 0.409. The lowest BCUT2D eigenvalue weighted by Gasteiger charge is -2.14. The Hall–Kier alpha value is -2.01. The Kier molecular flexibility index (Phi) is 6.04. The third-order valence-corrected chi connectivity index (χ3v) is 4.17. The molecule has 1 atom stereocenters. The van der Waals surface area contributed by atoms with Crippen molar-refractivity contribution >= 4 is 21.9 Å². The highest BCUT2D eigenvalue weighted by atomic mass is 79.9. The van der Waals surface area contributed by atoms with Gasteiger partial charge in [-0.1, -0.05) is 18.2 Å². The number of hydrogen-bond acceptors (Lipinski definition) is 3. The second kappa shape index (κ2) is 8.02. The number of benzene rings is 2. The van der Waals surface area contributed by atoms with E-state index in [4.69, 9.17) is 9.47 Å². The molecule has 0 aliphatic rings. The summed E-state index contributed by atoms with van der Waals surface area (Å²) in [5.41, 5.74) is 1.69. The van der Waals surface area contributed by atoms with Gasteiger partial charge in [0.2, 0.25) is 0 Å². The molecule has 122 valence electrons. The Labute approximate surface area is 144 Å². The minimum Gasteiger partial charge on any atom is -0.497 e. The summed E-state index contributed by atoms with van der Waals surface area (Å²) in [4.78, 5) is 11.6. The van der Waals surface area contributed by atoms with Gasteiger partial charge in [-0.15, -0.1) is 0 Å². The Bertz CT molecular complexity index is 667. The molecule has 0 radical (unpaired) electrons. The predicted molar refractivity (Wildman–Crippen MR) is 92.4 cm³/mol. The molecule has 4 nitrogen and oxygen atoms in total. The summed E-state index contributed by atoms with van der Waals surface area (Å²) in [5, 5.41) is 9.55. The summed E-state index contributed by atoms with van der Waals surface area (Å²) in [7, 11) is 1.58. The summed E-state index contributed by atoms with van der Waals surface area (Å²) in [6.45, 7) is 2.51. The third-order valence-electron chi connectivity index (χ3n) is 3.55. The van der Waals surface area contributed by atoms with E-state index in [1.54, 1.807) is 31.4 Å². The summed E-state index contributed by atoms with van der Waals surface area (Å²) < 4.78 is 11.4. The van der Waals surface area contributed by atoms with Crippen LogP contribution in [0.3, 0.4) is 0 Å². The Morgan fingerprint density at radius 3 is 2.43 bits per heavy atom. The van der Waals surface area contributed by atoms with E-state index in [1.807, 2.05) is 25.1 Å². The third kappa shape index (κ3) is 4.48. The number of hydrogen-bond donors (Lipinski definition) is 1. The molecule has 0 saturated heterocycles. The highest BCUT2D eigenvalue weighted by molar-refractivity contribution is 9.10. The van der Waals surface area contributed by atoms with Gasteiger partial charge in [-0.3, -0.25) is 4.79 Å². The van der Waals surface area contributed by atoms with Gasteiger partial charge in [0.05, 0.1) is 24.1 Å². The van der Waals surface area contributed by atoms with Gasteiger partial charge in [0.25, 0.3) is 0 Å². The molecule has 0 saturated carbocycles. The molecule has 1 N–H and O–H groups in total. The molecule has 0 fully saturated rings. The number of carbonyl (C=O) groups is 1. The first-order valence-corrected chi connectivity index (χ1v) is 8.12. The van der Waals surface area contributed by atoms with Crippen molar-refractivity contribution < 1.29 is 19.4 Å². The first kappa shape index (κ1) is 17.3. The molecule has 0 bridgehead atoms. The zero-order valence-corrected chi connectivity index (χ0v) is 14.7. The van der Waals surface area contributed by atoms with Crippen LogP contribution in [0.25, 0.3) is 0 Å². The quantitative estimate of drug-likeness (QED) is 0.781. The molecular formula is C18H19BrO4. The summed E-state index contributed by atoms with van der Waals surface area (Å²) in [5.74, 6) is 0.0141. The van der Waals surface area contributed by atoms with Gasteiger partial charge in [0.1, 0.15) is 11.5 Å². The lowest BCUT2D eigenvalue weighted by atomic mass is 9.92. The molecule has 2 rings (SSSR count). The zero-order chi connectivity index (χ0) is 16.8. The molecule has 2 aromatic carbocycles. The number of rotatable bonds is 7. The summed E-state index contributed by atoms with van der Waals surface area (Å²) in [6.07, 6.45) is 0.409. The van der Waals surface area contributed by atoms with Crippen molar-refractivity contribution in [3.63, 3.8) is 0 Å². The van der Waals surface area contributed by atoms with E-state index in [-0.39, 0.29) is 0 Å². The SMILES string of the molecule is CCOc1ccc(CC(C(=O)O)c2ccc(OC)cc2)cc1Br. The fraction of sp³-hybridized carbons (Fsp3) is 0.278. The highest BCUT2D eigenvalue weighted by Crippen LogP contribution is 2.29. The second-order valence-corrected chi connectivity index (χ2v) is 5.92. The van der Waals surface area contributed by atoms with Crippen molar-refractivity contribution in [2.45, 2.75) is 19.3 Å². The maximum Gasteiger partial charge on any atom is 0.311 e. The van der Waals surface area contributed by atoms with Crippen LogP contribution < -0.4 is 9.47 Å². The fourth-order valence-electron chi connectivity index (χ4n) is 2.36. The van der Waals surface area contributed by atoms with Gasteiger partial charge in [-0.25, -0.2) is 0 Å². The van der Waals surface area contributed by atoms with Crippen LogP contribution >= 0.6 is 15.9 Å². The van der Waals surface area contributed by atoms with Gasteiger partial charge in [0, 0.05) is 0 Å². The molecular weight excluding hydrogens is 360 g/mol. The van der Waals surface area contributed by atoms with E-state index in [0.717, 1.165) is 21.3 Å². The van der Waals surface area contributed by atoms with E-state index in [0.29, 0.717) is 18.8 Å². The van der Waals surface area contributed by atoms with Crippen molar-refractivity contribution in [3.8, 4) is 11.5 Å². The standard InChI is InChI=1S/C18H19BrO4/c1-3-23-17-9-4-12(11-16(17)19)10-15(18(20)21)13-5-7-14(22-2)8-6-13/h4-9,11,15H,3,10H2,1-2H3,(H,20,21).